The Morgan fingerprint density at radius 3 is 2.60 bits per heavy atom. The summed E-state index contributed by atoms with van der Waals surface area (Å²) in [5.74, 6) is -0.865. The predicted octanol–water partition coefficient (Wildman–Crippen LogP) is 4.31. The highest BCUT2D eigenvalue weighted by Gasteiger charge is 2.20. The van der Waals surface area contributed by atoms with E-state index in [1.54, 1.807) is 36.8 Å². The number of pyridine rings is 2. The number of aromatic carboxylic acids is 1. The molecule has 0 saturated heterocycles. The highest BCUT2D eigenvalue weighted by atomic mass is 16.4. The molecule has 3 heterocycles. The van der Waals surface area contributed by atoms with E-state index in [9.17, 15) is 20.0 Å². The van der Waals surface area contributed by atoms with E-state index in [1.807, 2.05) is 45.0 Å². The van der Waals surface area contributed by atoms with Gasteiger partial charge in [-0.25, -0.2) is 9.78 Å². The predicted molar refractivity (Wildman–Crippen MR) is 133 cm³/mol. The third kappa shape index (κ3) is 4.68. The van der Waals surface area contributed by atoms with Gasteiger partial charge in [-0.15, -0.1) is 0 Å². The SMILES string of the molecule is Cc1cc([C@@H](C)Nc2ccccc2C(=O)O)c2nc(N[C@H](C)c3cccnc3)c(C#N)c(=O)n2c1. The largest absolute Gasteiger partial charge is 0.478 e. The van der Waals surface area contributed by atoms with E-state index in [-0.39, 0.29) is 23.0 Å². The number of anilines is 2. The van der Waals surface area contributed by atoms with Crippen LogP contribution < -0.4 is 16.2 Å². The molecule has 4 rings (SSSR count). The number of aromatic nitrogens is 3. The molecule has 35 heavy (non-hydrogen) atoms. The van der Waals surface area contributed by atoms with Crippen LogP contribution in [0, 0.1) is 18.3 Å². The van der Waals surface area contributed by atoms with E-state index in [0.29, 0.717) is 16.9 Å². The van der Waals surface area contributed by atoms with Gasteiger partial charge in [0.15, 0.2) is 11.4 Å². The van der Waals surface area contributed by atoms with Crippen LogP contribution in [0.15, 0.2) is 65.8 Å². The molecule has 9 heteroatoms. The molecule has 9 nitrogen and oxygen atoms in total. The first-order chi connectivity index (χ1) is 16.8. The summed E-state index contributed by atoms with van der Waals surface area (Å²) in [7, 11) is 0. The van der Waals surface area contributed by atoms with Gasteiger partial charge in [-0.2, -0.15) is 5.26 Å². The zero-order valence-corrected chi connectivity index (χ0v) is 19.5. The molecule has 0 saturated carbocycles. The summed E-state index contributed by atoms with van der Waals surface area (Å²) in [6.45, 7) is 5.60. The van der Waals surface area contributed by atoms with Crippen LogP contribution in [0.25, 0.3) is 5.65 Å². The Kier molecular flexibility index (Phi) is 6.46. The van der Waals surface area contributed by atoms with E-state index in [4.69, 9.17) is 0 Å². The van der Waals surface area contributed by atoms with Crippen molar-refractivity contribution in [2.75, 3.05) is 10.6 Å². The molecule has 3 aromatic heterocycles. The summed E-state index contributed by atoms with van der Waals surface area (Å²) in [4.78, 5) is 33.7. The average molecular weight is 469 g/mol. The fourth-order valence-corrected chi connectivity index (χ4v) is 3.96. The van der Waals surface area contributed by atoms with Gasteiger partial charge in [-0.05, 0) is 56.2 Å². The molecular formula is C26H24N6O3. The van der Waals surface area contributed by atoms with Gasteiger partial charge >= 0.3 is 5.97 Å². The fourth-order valence-electron chi connectivity index (χ4n) is 3.96. The maximum absolute atomic E-state index is 13.3. The summed E-state index contributed by atoms with van der Waals surface area (Å²) in [5.41, 5.74) is 2.74. The van der Waals surface area contributed by atoms with Crippen molar-refractivity contribution in [3.05, 3.63) is 99.2 Å². The van der Waals surface area contributed by atoms with Gasteiger partial charge in [0, 0.05) is 29.8 Å². The molecule has 0 amide bonds. The van der Waals surface area contributed by atoms with Crippen LogP contribution in [0.3, 0.4) is 0 Å². The fraction of sp³-hybridized carbons (Fsp3) is 0.192. The van der Waals surface area contributed by atoms with Crippen LogP contribution in [0.2, 0.25) is 0 Å². The lowest BCUT2D eigenvalue weighted by molar-refractivity contribution is 0.0698. The zero-order valence-electron chi connectivity index (χ0n) is 19.5. The van der Waals surface area contributed by atoms with Gasteiger partial charge < -0.3 is 15.7 Å². The van der Waals surface area contributed by atoms with Crippen LogP contribution in [-0.2, 0) is 0 Å². The van der Waals surface area contributed by atoms with E-state index in [0.717, 1.165) is 11.1 Å². The maximum Gasteiger partial charge on any atom is 0.337 e. The number of nitriles is 1. The summed E-state index contributed by atoms with van der Waals surface area (Å²) in [5, 5.41) is 25.7. The Morgan fingerprint density at radius 2 is 1.91 bits per heavy atom. The van der Waals surface area contributed by atoms with Crippen molar-refractivity contribution in [2.24, 2.45) is 0 Å². The molecule has 2 atom stereocenters. The van der Waals surface area contributed by atoms with Gasteiger partial charge in [-0.1, -0.05) is 18.2 Å². The Balaban J connectivity index is 1.82. The van der Waals surface area contributed by atoms with Crippen molar-refractivity contribution in [3.8, 4) is 6.07 Å². The third-order valence-electron chi connectivity index (χ3n) is 5.73. The van der Waals surface area contributed by atoms with E-state index in [2.05, 4.69) is 20.6 Å². The molecular weight excluding hydrogens is 444 g/mol. The summed E-state index contributed by atoms with van der Waals surface area (Å²) < 4.78 is 1.37. The Labute approximate surface area is 201 Å². The van der Waals surface area contributed by atoms with Gasteiger partial charge in [0.2, 0.25) is 0 Å². The molecule has 0 spiro atoms. The molecule has 3 N–H and O–H groups in total. The van der Waals surface area contributed by atoms with Crippen molar-refractivity contribution in [3.63, 3.8) is 0 Å². The minimum Gasteiger partial charge on any atom is -0.478 e. The summed E-state index contributed by atoms with van der Waals surface area (Å²) >= 11 is 0. The number of para-hydroxylation sites is 1. The summed E-state index contributed by atoms with van der Waals surface area (Å²) in [6, 6.07) is 13.6. The van der Waals surface area contributed by atoms with Crippen LogP contribution in [-0.4, -0.2) is 25.4 Å². The van der Waals surface area contributed by atoms with E-state index in [1.165, 1.54) is 10.5 Å². The van der Waals surface area contributed by atoms with Crippen molar-refractivity contribution in [1.29, 1.82) is 5.26 Å². The Morgan fingerprint density at radius 1 is 1.14 bits per heavy atom. The molecule has 0 aliphatic rings. The van der Waals surface area contributed by atoms with Crippen molar-refractivity contribution < 1.29 is 9.90 Å². The minimum atomic E-state index is -1.04. The Hall–Kier alpha value is -4.71. The number of nitrogens with one attached hydrogen (secondary N) is 2. The molecule has 1 aromatic carbocycles. The lowest BCUT2D eigenvalue weighted by atomic mass is 10.1. The normalized spacial score (nSPS) is 12.5. The molecule has 0 radical (unpaired) electrons. The van der Waals surface area contributed by atoms with Crippen molar-refractivity contribution in [1.82, 2.24) is 14.4 Å². The number of rotatable bonds is 7. The number of benzene rings is 1. The molecule has 0 bridgehead atoms. The number of carboxylic acids is 1. The highest BCUT2D eigenvalue weighted by molar-refractivity contribution is 5.94. The monoisotopic (exact) mass is 468 g/mol. The van der Waals surface area contributed by atoms with E-state index < -0.39 is 17.6 Å². The number of hydrogen-bond donors (Lipinski definition) is 3. The van der Waals surface area contributed by atoms with Crippen LogP contribution in [0.4, 0.5) is 11.5 Å². The topological polar surface area (TPSA) is 132 Å². The van der Waals surface area contributed by atoms with Gasteiger partial charge in [-0.3, -0.25) is 14.2 Å². The lowest BCUT2D eigenvalue weighted by Gasteiger charge is -2.21. The lowest BCUT2D eigenvalue weighted by Crippen LogP contribution is -2.24. The first-order valence-electron chi connectivity index (χ1n) is 11.0. The molecule has 4 aromatic rings. The third-order valence-corrected chi connectivity index (χ3v) is 5.73. The number of carbonyl (C=O) groups is 1. The molecule has 0 aliphatic heterocycles. The number of fused-ring (bicyclic) bond motifs is 1. The maximum atomic E-state index is 13.3. The number of carboxylic acid groups (broad SMARTS) is 1. The molecule has 176 valence electrons. The standard InChI is InChI=1S/C26H24N6O3/c1-15-11-20(17(3)29-22-9-5-4-8-19(22)26(34)35)24-31-23(21(12-27)25(33)32(24)14-15)30-16(2)18-7-6-10-28-13-18/h4-11,13-14,16-17,29-30H,1-3H3,(H,34,35)/t16-,17-/m1/s1. The van der Waals surface area contributed by atoms with Crippen LogP contribution in [0.5, 0.6) is 0 Å². The Bertz CT molecular complexity index is 1510. The minimum absolute atomic E-state index is 0.0911. The average Bonchev–Trinajstić information content (AvgIpc) is 2.85. The number of hydrogen-bond acceptors (Lipinski definition) is 7. The second-order valence-electron chi connectivity index (χ2n) is 8.29. The van der Waals surface area contributed by atoms with Crippen LogP contribution in [0.1, 0.15) is 58.5 Å². The molecule has 0 fully saturated rings. The first kappa shape index (κ1) is 23.4. The first-order valence-corrected chi connectivity index (χ1v) is 11.0. The zero-order chi connectivity index (χ0) is 25.1. The molecule has 0 unspecified atom stereocenters. The highest BCUT2D eigenvalue weighted by Crippen LogP contribution is 2.27. The second kappa shape index (κ2) is 9.65. The van der Waals surface area contributed by atoms with Gasteiger partial charge in [0.05, 0.1) is 17.6 Å². The summed E-state index contributed by atoms with van der Waals surface area (Å²) in [6.07, 6.45) is 5.02. The smallest absolute Gasteiger partial charge is 0.337 e. The van der Waals surface area contributed by atoms with E-state index >= 15 is 0 Å². The van der Waals surface area contributed by atoms with Crippen molar-refractivity contribution >= 4 is 23.1 Å². The second-order valence-corrected chi connectivity index (χ2v) is 8.29. The number of nitrogens with zero attached hydrogens (tertiary/aromatic N) is 4. The number of aryl methyl sites for hydroxylation is 1. The van der Waals surface area contributed by atoms with Gasteiger partial charge in [0.25, 0.3) is 5.56 Å². The molecule has 0 aliphatic carbocycles. The quantitative estimate of drug-likeness (QED) is 0.365. The van der Waals surface area contributed by atoms with Gasteiger partial charge in [0.1, 0.15) is 11.7 Å². The van der Waals surface area contributed by atoms with Crippen LogP contribution >= 0.6 is 0 Å². The van der Waals surface area contributed by atoms with Crippen molar-refractivity contribution in [2.45, 2.75) is 32.9 Å².